The highest BCUT2D eigenvalue weighted by molar-refractivity contribution is 5.98. The van der Waals surface area contributed by atoms with Crippen molar-refractivity contribution in [2.24, 2.45) is 0 Å². The van der Waals surface area contributed by atoms with Gasteiger partial charge >= 0.3 is 5.97 Å². The summed E-state index contributed by atoms with van der Waals surface area (Å²) in [6.45, 7) is 10.9. The van der Waals surface area contributed by atoms with Gasteiger partial charge in [-0.2, -0.15) is 0 Å². The highest BCUT2D eigenvalue weighted by atomic mass is 16.4. The van der Waals surface area contributed by atoms with Crippen LogP contribution in [0.2, 0.25) is 0 Å². The SMILES string of the molecule is C/C(=C\c1c(C)c(C)c(-c2ccc(NCc3ccco3)cc2)c(C)c1C)C(=O)NCCC(=O)O. The van der Waals surface area contributed by atoms with Crippen molar-refractivity contribution in [3.63, 3.8) is 0 Å². The molecule has 0 aliphatic rings. The normalized spacial score (nSPS) is 11.4. The predicted molar refractivity (Wildman–Crippen MR) is 136 cm³/mol. The fourth-order valence-corrected chi connectivity index (χ4v) is 4.05. The summed E-state index contributed by atoms with van der Waals surface area (Å²) in [5.41, 5.74) is 9.53. The Labute approximate surface area is 200 Å². The number of furan rings is 1. The van der Waals surface area contributed by atoms with Gasteiger partial charge in [0.2, 0.25) is 5.91 Å². The van der Waals surface area contributed by atoms with E-state index in [0.29, 0.717) is 12.1 Å². The first-order valence-electron chi connectivity index (χ1n) is 11.3. The van der Waals surface area contributed by atoms with Gasteiger partial charge in [-0.1, -0.05) is 12.1 Å². The van der Waals surface area contributed by atoms with Gasteiger partial charge in [-0.25, -0.2) is 0 Å². The van der Waals surface area contributed by atoms with Gasteiger partial charge in [0.25, 0.3) is 0 Å². The number of benzene rings is 2. The molecule has 0 bridgehead atoms. The van der Waals surface area contributed by atoms with Crippen LogP contribution in [0.15, 0.2) is 52.7 Å². The van der Waals surface area contributed by atoms with Crippen LogP contribution in [0.5, 0.6) is 0 Å². The van der Waals surface area contributed by atoms with Crippen molar-refractivity contribution in [3.05, 3.63) is 81.8 Å². The minimum atomic E-state index is -0.934. The fraction of sp³-hybridized carbons (Fsp3) is 0.286. The third-order valence-corrected chi connectivity index (χ3v) is 6.25. The molecule has 0 atom stereocenters. The minimum Gasteiger partial charge on any atom is -0.481 e. The summed E-state index contributed by atoms with van der Waals surface area (Å²) in [4.78, 5) is 23.1. The summed E-state index contributed by atoms with van der Waals surface area (Å²) < 4.78 is 5.37. The summed E-state index contributed by atoms with van der Waals surface area (Å²) in [6, 6.07) is 12.2. The maximum Gasteiger partial charge on any atom is 0.305 e. The maximum absolute atomic E-state index is 12.4. The molecule has 2 aromatic carbocycles. The Morgan fingerprint density at radius 1 is 0.971 bits per heavy atom. The Morgan fingerprint density at radius 3 is 2.18 bits per heavy atom. The summed E-state index contributed by atoms with van der Waals surface area (Å²) in [6.07, 6.45) is 3.47. The van der Waals surface area contributed by atoms with Gasteiger partial charge in [-0.3, -0.25) is 9.59 Å². The molecule has 0 spiro atoms. The molecule has 3 aromatic rings. The van der Waals surface area contributed by atoms with Gasteiger partial charge in [0.05, 0.1) is 19.2 Å². The van der Waals surface area contributed by atoms with Crippen molar-refractivity contribution >= 4 is 23.6 Å². The monoisotopic (exact) mass is 460 g/mol. The molecule has 0 radical (unpaired) electrons. The number of anilines is 1. The smallest absolute Gasteiger partial charge is 0.305 e. The number of carbonyl (C=O) groups excluding carboxylic acids is 1. The number of rotatable bonds is 9. The molecule has 0 unspecified atom stereocenters. The number of hydrogen-bond donors (Lipinski definition) is 3. The van der Waals surface area contributed by atoms with E-state index in [4.69, 9.17) is 9.52 Å². The van der Waals surface area contributed by atoms with E-state index in [9.17, 15) is 9.59 Å². The molecule has 1 heterocycles. The lowest BCUT2D eigenvalue weighted by molar-refractivity contribution is -0.136. The first kappa shape index (κ1) is 24.8. The van der Waals surface area contributed by atoms with Crippen LogP contribution in [-0.2, 0) is 16.1 Å². The lowest BCUT2D eigenvalue weighted by Gasteiger charge is -2.20. The summed E-state index contributed by atoms with van der Waals surface area (Å²) >= 11 is 0. The Morgan fingerprint density at radius 2 is 1.62 bits per heavy atom. The number of nitrogens with one attached hydrogen (secondary N) is 2. The van der Waals surface area contributed by atoms with Crippen LogP contribution >= 0.6 is 0 Å². The minimum absolute atomic E-state index is 0.0961. The largest absolute Gasteiger partial charge is 0.481 e. The van der Waals surface area contributed by atoms with E-state index in [1.54, 1.807) is 13.2 Å². The average molecular weight is 461 g/mol. The van der Waals surface area contributed by atoms with E-state index < -0.39 is 5.97 Å². The number of carboxylic acid groups (broad SMARTS) is 1. The molecule has 0 fully saturated rings. The van der Waals surface area contributed by atoms with Crippen molar-refractivity contribution in [1.82, 2.24) is 5.32 Å². The molecule has 3 N–H and O–H groups in total. The Bertz CT molecular complexity index is 1180. The Balaban J connectivity index is 1.84. The number of carbonyl (C=O) groups is 2. The number of carboxylic acids is 1. The summed E-state index contributed by atoms with van der Waals surface area (Å²) in [5, 5.41) is 14.8. The van der Waals surface area contributed by atoms with Crippen LogP contribution in [0, 0.1) is 27.7 Å². The van der Waals surface area contributed by atoms with Gasteiger partial charge in [0.1, 0.15) is 5.76 Å². The third kappa shape index (κ3) is 5.76. The molecular weight excluding hydrogens is 428 g/mol. The number of hydrogen-bond acceptors (Lipinski definition) is 4. The molecule has 6 heteroatoms. The van der Waals surface area contributed by atoms with Gasteiger partial charge in [0.15, 0.2) is 0 Å². The highest BCUT2D eigenvalue weighted by Crippen LogP contribution is 2.35. The first-order chi connectivity index (χ1) is 16.2. The van der Waals surface area contributed by atoms with Crippen molar-refractivity contribution in [2.45, 2.75) is 47.6 Å². The molecular formula is C28H32N2O4. The predicted octanol–water partition coefficient (Wildman–Crippen LogP) is 5.79. The number of amides is 1. The van der Waals surface area contributed by atoms with Crippen LogP contribution in [0.1, 0.15) is 46.9 Å². The lowest BCUT2D eigenvalue weighted by Crippen LogP contribution is -2.26. The van der Waals surface area contributed by atoms with Gasteiger partial charge in [-0.05, 0) is 104 Å². The van der Waals surface area contributed by atoms with Crippen molar-refractivity contribution in [2.75, 3.05) is 11.9 Å². The van der Waals surface area contributed by atoms with E-state index in [1.807, 2.05) is 18.2 Å². The Kier molecular flexibility index (Phi) is 7.95. The second-order valence-electron chi connectivity index (χ2n) is 8.53. The molecule has 1 aromatic heterocycles. The zero-order valence-corrected chi connectivity index (χ0v) is 20.4. The molecule has 6 nitrogen and oxygen atoms in total. The topological polar surface area (TPSA) is 91.6 Å². The van der Waals surface area contributed by atoms with E-state index in [0.717, 1.165) is 33.7 Å². The first-order valence-corrected chi connectivity index (χ1v) is 11.3. The quantitative estimate of drug-likeness (QED) is 0.352. The molecule has 0 saturated heterocycles. The van der Waals surface area contributed by atoms with Crippen molar-refractivity contribution < 1.29 is 19.1 Å². The molecule has 0 aliphatic heterocycles. The highest BCUT2D eigenvalue weighted by Gasteiger charge is 2.16. The number of aliphatic carboxylic acids is 1. The maximum atomic E-state index is 12.4. The van der Waals surface area contributed by atoms with Crippen LogP contribution in [0.4, 0.5) is 5.69 Å². The summed E-state index contributed by atoms with van der Waals surface area (Å²) in [5.74, 6) is -0.301. The standard InChI is InChI=1S/C28H32N2O4/c1-17(28(33)29-13-12-26(31)32)15-25-18(2)20(4)27(21(5)19(25)3)22-8-10-23(11-9-22)30-16-24-7-6-14-34-24/h6-11,14-15,30H,12-13,16H2,1-5H3,(H,29,33)(H,31,32)/b17-15+. The molecule has 1 amide bonds. The van der Waals surface area contributed by atoms with Gasteiger partial charge in [0, 0.05) is 17.8 Å². The Hall–Kier alpha value is -3.80. The average Bonchev–Trinajstić information content (AvgIpc) is 3.33. The van der Waals surface area contributed by atoms with Crippen LogP contribution in [0.3, 0.4) is 0 Å². The van der Waals surface area contributed by atoms with E-state index >= 15 is 0 Å². The second-order valence-corrected chi connectivity index (χ2v) is 8.53. The van der Waals surface area contributed by atoms with E-state index in [1.165, 1.54) is 16.7 Å². The molecule has 34 heavy (non-hydrogen) atoms. The van der Waals surface area contributed by atoms with Crippen molar-refractivity contribution in [1.29, 1.82) is 0 Å². The molecule has 0 saturated carbocycles. The van der Waals surface area contributed by atoms with Gasteiger partial charge < -0.3 is 20.2 Å². The van der Waals surface area contributed by atoms with E-state index in [-0.39, 0.29) is 18.9 Å². The molecule has 3 rings (SSSR count). The lowest BCUT2D eigenvalue weighted by atomic mass is 9.85. The zero-order chi connectivity index (χ0) is 24.8. The van der Waals surface area contributed by atoms with E-state index in [2.05, 4.69) is 62.6 Å². The van der Waals surface area contributed by atoms with Gasteiger partial charge in [-0.15, -0.1) is 0 Å². The molecule has 0 aliphatic carbocycles. The second kappa shape index (κ2) is 10.9. The van der Waals surface area contributed by atoms with Crippen molar-refractivity contribution in [3.8, 4) is 11.1 Å². The third-order valence-electron chi connectivity index (χ3n) is 6.25. The van der Waals surface area contributed by atoms with Crippen LogP contribution in [0.25, 0.3) is 17.2 Å². The zero-order valence-electron chi connectivity index (χ0n) is 20.4. The fourth-order valence-electron chi connectivity index (χ4n) is 4.05. The van der Waals surface area contributed by atoms with Crippen LogP contribution < -0.4 is 10.6 Å². The molecule has 178 valence electrons. The van der Waals surface area contributed by atoms with Crippen LogP contribution in [-0.4, -0.2) is 23.5 Å². The summed E-state index contributed by atoms with van der Waals surface area (Å²) in [7, 11) is 0.